The monoisotopic (exact) mass is 331 g/mol. The van der Waals surface area contributed by atoms with Crippen LogP contribution in [0, 0.1) is 0 Å². The molecule has 0 saturated heterocycles. The minimum absolute atomic E-state index is 0.369. The summed E-state index contributed by atoms with van der Waals surface area (Å²) in [5.41, 5.74) is 7.67. The molecule has 0 saturated carbocycles. The molecule has 0 radical (unpaired) electrons. The Balaban J connectivity index is 2.08. The lowest BCUT2D eigenvalue weighted by molar-refractivity contribution is 0.525. The molecule has 2 N–H and O–H groups in total. The maximum Gasteiger partial charge on any atom is 0.153 e. The van der Waals surface area contributed by atoms with Gasteiger partial charge < -0.3 is 10.2 Å². The number of rotatable bonds is 2. The number of nitrogens with two attached hydrogens (primary N) is 1. The van der Waals surface area contributed by atoms with Crippen LogP contribution >= 0.6 is 46.1 Å². The quantitative estimate of drug-likeness (QED) is 0.672. The zero-order chi connectivity index (χ0) is 13.6. The number of benzene rings is 1. The van der Waals surface area contributed by atoms with Crippen LogP contribution in [0.1, 0.15) is 17.4 Å². The summed E-state index contributed by atoms with van der Waals surface area (Å²) in [6.45, 7) is 0. The number of thiophene rings is 1. The first-order chi connectivity index (χ1) is 9.04. The summed E-state index contributed by atoms with van der Waals surface area (Å²) in [5.74, 6) is 0.633. The number of hydrogen-bond donors (Lipinski definition) is 1. The van der Waals surface area contributed by atoms with Gasteiger partial charge in [-0.3, -0.25) is 0 Å². The highest BCUT2D eigenvalue weighted by atomic mass is 35.5. The summed E-state index contributed by atoms with van der Waals surface area (Å²) in [4.78, 5) is 0. The van der Waals surface area contributed by atoms with Crippen LogP contribution in [0.2, 0.25) is 14.4 Å². The smallest absolute Gasteiger partial charge is 0.153 e. The van der Waals surface area contributed by atoms with E-state index >= 15 is 0 Å². The minimum Gasteiger partial charge on any atom is -0.457 e. The molecule has 0 spiro atoms. The summed E-state index contributed by atoms with van der Waals surface area (Å²) < 4.78 is 6.42. The normalized spacial score (nSPS) is 13.1. The Morgan fingerprint density at radius 2 is 1.89 bits per heavy atom. The highest BCUT2D eigenvalue weighted by Gasteiger charge is 2.17. The molecule has 98 valence electrons. The lowest BCUT2D eigenvalue weighted by Crippen LogP contribution is -2.09. The molecule has 1 unspecified atom stereocenters. The Morgan fingerprint density at radius 1 is 1.11 bits per heavy atom. The van der Waals surface area contributed by atoms with E-state index < -0.39 is 0 Å². The Labute approximate surface area is 128 Å². The number of halogens is 3. The van der Waals surface area contributed by atoms with Crippen molar-refractivity contribution in [1.29, 1.82) is 0 Å². The third kappa shape index (κ3) is 2.49. The third-order valence-electron chi connectivity index (χ3n) is 2.81. The molecule has 1 atom stereocenters. The Bertz CT molecular complexity index is 750. The second-order valence-corrected chi connectivity index (χ2v) is 6.50. The fourth-order valence-electron chi connectivity index (χ4n) is 1.90. The predicted molar refractivity (Wildman–Crippen MR) is 81.6 cm³/mol. The van der Waals surface area contributed by atoms with Gasteiger partial charge in [-0.2, -0.15) is 0 Å². The lowest BCUT2D eigenvalue weighted by atomic mass is 10.1. The Hall–Kier alpha value is -0.710. The molecule has 19 heavy (non-hydrogen) atoms. The van der Waals surface area contributed by atoms with Crippen LogP contribution in [0.15, 0.2) is 34.1 Å². The van der Waals surface area contributed by atoms with Gasteiger partial charge in [-0.1, -0.05) is 34.8 Å². The second kappa shape index (κ2) is 5.00. The molecule has 0 aliphatic heterocycles. The maximum absolute atomic E-state index is 6.16. The SMILES string of the molecule is NC(c1csc(Cl)c1)c1cc2cc(Cl)cc(Cl)c2o1. The maximum atomic E-state index is 6.16. The van der Waals surface area contributed by atoms with Gasteiger partial charge in [0.05, 0.1) is 15.4 Å². The summed E-state index contributed by atoms with van der Waals surface area (Å²) in [7, 11) is 0. The van der Waals surface area contributed by atoms with Gasteiger partial charge in [-0.25, -0.2) is 0 Å². The molecule has 2 nitrogen and oxygen atoms in total. The van der Waals surface area contributed by atoms with E-state index in [1.165, 1.54) is 11.3 Å². The minimum atomic E-state index is -0.369. The van der Waals surface area contributed by atoms with Crippen molar-refractivity contribution in [2.24, 2.45) is 5.73 Å². The van der Waals surface area contributed by atoms with Gasteiger partial charge in [0.1, 0.15) is 5.76 Å². The van der Waals surface area contributed by atoms with Crippen molar-refractivity contribution >= 4 is 57.1 Å². The van der Waals surface area contributed by atoms with Gasteiger partial charge in [-0.05, 0) is 35.2 Å². The van der Waals surface area contributed by atoms with E-state index in [4.69, 9.17) is 45.0 Å². The topological polar surface area (TPSA) is 39.2 Å². The Morgan fingerprint density at radius 3 is 2.58 bits per heavy atom. The predicted octanol–water partition coefficient (Wildman–Crippen LogP) is 5.50. The van der Waals surface area contributed by atoms with Gasteiger partial charge in [0.15, 0.2) is 5.58 Å². The van der Waals surface area contributed by atoms with E-state index in [-0.39, 0.29) is 6.04 Å². The van der Waals surface area contributed by atoms with Crippen molar-refractivity contribution in [1.82, 2.24) is 0 Å². The van der Waals surface area contributed by atoms with Gasteiger partial charge in [-0.15, -0.1) is 11.3 Å². The zero-order valence-corrected chi connectivity index (χ0v) is 12.6. The average Bonchev–Trinajstić information content (AvgIpc) is 2.94. The highest BCUT2D eigenvalue weighted by Crippen LogP contribution is 2.34. The van der Waals surface area contributed by atoms with Gasteiger partial charge in [0.25, 0.3) is 0 Å². The number of fused-ring (bicyclic) bond motifs is 1. The molecule has 0 amide bonds. The van der Waals surface area contributed by atoms with Crippen molar-refractivity contribution in [3.05, 3.63) is 55.4 Å². The first-order valence-electron chi connectivity index (χ1n) is 5.42. The van der Waals surface area contributed by atoms with Crippen molar-refractivity contribution in [3.8, 4) is 0 Å². The molecule has 3 rings (SSSR count). The van der Waals surface area contributed by atoms with Gasteiger partial charge >= 0.3 is 0 Å². The lowest BCUT2D eigenvalue weighted by Gasteiger charge is -2.05. The summed E-state index contributed by atoms with van der Waals surface area (Å²) in [6.07, 6.45) is 0. The van der Waals surface area contributed by atoms with Crippen molar-refractivity contribution in [2.75, 3.05) is 0 Å². The van der Waals surface area contributed by atoms with Crippen molar-refractivity contribution in [3.63, 3.8) is 0 Å². The van der Waals surface area contributed by atoms with Crippen LogP contribution in [0.4, 0.5) is 0 Å². The summed E-state index contributed by atoms with van der Waals surface area (Å²) in [6, 6.07) is 6.75. The van der Waals surface area contributed by atoms with E-state index in [2.05, 4.69) is 0 Å². The number of furan rings is 1. The van der Waals surface area contributed by atoms with E-state index in [0.29, 0.717) is 25.7 Å². The zero-order valence-electron chi connectivity index (χ0n) is 9.49. The standard InChI is InChI=1S/C13H8Cl3NOS/c14-8-1-6-2-10(18-13(6)9(15)4-8)12(17)7-3-11(16)19-5-7/h1-5,12H,17H2. The first kappa shape index (κ1) is 13.3. The van der Waals surface area contributed by atoms with E-state index in [0.717, 1.165) is 10.9 Å². The molecule has 0 aliphatic carbocycles. The summed E-state index contributed by atoms with van der Waals surface area (Å²) >= 11 is 19.4. The van der Waals surface area contributed by atoms with Gasteiger partial charge in [0.2, 0.25) is 0 Å². The molecule has 2 aromatic heterocycles. The van der Waals surface area contributed by atoms with E-state index in [1.54, 1.807) is 12.1 Å². The highest BCUT2D eigenvalue weighted by molar-refractivity contribution is 7.14. The van der Waals surface area contributed by atoms with E-state index in [1.807, 2.05) is 17.5 Å². The second-order valence-electron chi connectivity index (χ2n) is 4.12. The van der Waals surface area contributed by atoms with Crippen LogP contribution in [-0.2, 0) is 0 Å². The molecule has 0 aliphatic rings. The average molecular weight is 333 g/mol. The van der Waals surface area contributed by atoms with Crippen LogP contribution < -0.4 is 5.73 Å². The summed E-state index contributed by atoms with van der Waals surface area (Å²) in [5, 5.41) is 3.79. The molecule has 6 heteroatoms. The molecule has 0 fully saturated rings. The molecule has 3 aromatic rings. The fraction of sp³-hybridized carbons (Fsp3) is 0.0769. The molecular formula is C13H8Cl3NOS. The largest absolute Gasteiger partial charge is 0.457 e. The van der Waals surface area contributed by atoms with Crippen LogP contribution in [0.25, 0.3) is 11.0 Å². The first-order valence-corrected chi connectivity index (χ1v) is 7.44. The van der Waals surface area contributed by atoms with Crippen LogP contribution in [-0.4, -0.2) is 0 Å². The van der Waals surface area contributed by atoms with Crippen molar-refractivity contribution < 1.29 is 4.42 Å². The van der Waals surface area contributed by atoms with Gasteiger partial charge in [0, 0.05) is 10.4 Å². The number of hydrogen-bond acceptors (Lipinski definition) is 3. The van der Waals surface area contributed by atoms with Crippen LogP contribution in [0.3, 0.4) is 0 Å². The molecule has 2 heterocycles. The molecular weight excluding hydrogens is 325 g/mol. The van der Waals surface area contributed by atoms with Crippen LogP contribution in [0.5, 0.6) is 0 Å². The third-order valence-corrected chi connectivity index (χ3v) is 4.42. The Kier molecular flexibility index (Phi) is 3.50. The molecule has 1 aromatic carbocycles. The molecule has 0 bridgehead atoms. The van der Waals surface area contributed by atoms with E-state index in [9.17, 15) is 0 Å². The fourth-order valence-corrected chi connectivity index (χ4v) is 3.37. The van der Waals surface area contributed by atoms with Crippen molar-refractivity contribution in [2.45, 2.75) is 6.04 Å².